The molecule has 2 N–H and O–H groups in total. The largest absolute Gasteiger partial charge is 0.481 e. The molecule has 0 aromatic heterocycles. The van der Waals surface area contributed by atoms with Crippen molar-refractivity contribution in [2.75, 3.05) is 0 Å². The second-order valence-electron chi connectivity index (χ2n) is 7.81. The number of hydrogen-bond acceptors (Lipinski definition) is 3. The lowest BCUT2D eigenvalue weighted by atomic mass is 9.87. The number of Topliss-reactive ketones (excluding diaryl/α,β-unsaturated/α-hetero) is 1. The quantitative estimate of drug-likeness (QED) is 0.330. The number of ketones is 1. The van der Waals surface area contributed by atoms with Crippen LogP contribution in [-0.4, -0.2) is 28.1 Å². The van der Waals surface area contributed by atoms with Crippen molar-refractivity contribution in [1.29, 1.82) is 0 Å². The van der Waals surface area contributed by atoms with Crippen molar-refractivity contribution in [3.63, 3.8) is 0 Å². The van der Waals surface area contributed by atoms with Gasteiger partial charge in [0.05, 0.1) is 6.10 Å². The Labute approximate surface area is 159 Å². The average molecular weight is 367 g/mol. The number of rotatable bonds is 14. The van der Waals surface area contributed by atoms with E-state index in [-0.39, 0.29) is 18.3 Å². The number of aliphatic carboxylic acids is 1. The van der Waals surface area contributed by atoms with Crippen molar-refractivity contribution in [2.45, 2.75) is 97.0 Å². The molecule has 0 aromatic rings. The van der Waals surface area contributed by atoms with E-state index in [1.807, 2.05) is 6.08 Å². The van der Waals surface area contributed by atoms with Crippen molar-refractivity contribution < 1.29 is 19.8 Å². The predicted molar refractivity (Wildman–Crippen MR) is 105 cm³/mol. The van der Waals surface area contributed by atoms with Crippen LogP contribution in [0.4, 0.5) is 0 Å². The van der Waals surface area contributed by atoms with Crippen LogP contribution in [0.1, 0.15) is 90.9 Å². The van der Waals surface area contributed by atoms with Crippen LogP contribution < -0.4 is 0 Å². The van der Waals surface area contributed by atoms with Crippen molar-refractivity contribution in [2.24, 2.45) is 17.8 Å². The van der Waals surface area contributed by atoms with Gasteiger partial charge in [-0.2, -0.15) is 0 Å². The highest BCUT2D eigenvalue weighted by Gasteiger charge is 2.32. The second kappa shape index (κ2) is 13.1. The third-order valence-electron chi connectivity index (χ3n) is 5.80. The van der Waals surface area contributed by atoms with Gasteiger partial charge < -0.3 is 10.2 Å². The first kappa shape index (κ1) is 22.9. The second-order valence-corrected chi connectivity index (χ2v) is 7.81. The Morgan fingerprint density at radius 1 is 1.19 bits per heavy atom. The van der Waals surface area contributed by atoms with Gasteiger partial charge in [-0.05, 0) is 37.5 Å². The molecular weight excluding hydrogens is 328 g/mol. The van der Waals surface area contributed by atoms with Gasteiger partial charge in [-0.15, -0.1) is 0 Å². The molecule has 0 spiro atoms. The van der Waals surface area contributed by atoms with E-state index in [4.69, 9.17) is 5.11 Å². The third kappa shape index (κ3) is 8.48. The predicted octanol–water partition coefficient (Wildman–Crippen LogP) is 5.14. The molecule has 1 rings (SSSR count). The van der Waals surface area contributed by atoms with Gasteiger partial charge in [0.2, 0.25) is 0 Å². The minimum Gasteiger partial charge on any atom is -0.481 e. The van der Waals surface area contributed by atoms with Crippen molar-refractivity contribution >= 4 is 11.8 Å². The van der Waals surface area contributed by atoms with Gasteiger partial charge in [-0.25, -0.2) is 0 Å². The fraction of sp³-hybridized carbons (Fsp3) is 0.818. The normalized spacial score (nSPS) is 22.8. The summed E-state index contributed by atoms with van der Waals surface area (Å²) < 4.78 is 0. The summed E-state index contributed by atoms with van der Waals surface area (Å²) in [6.45, 7) is 4.34. The van der Waals surface area contributed by atoms with Crippen LogP contribution in [0.25, 0.3) is 0 Å². The summed E-state index contributed by atoms with van der Waals surface area (Å²) in [5.41, 5.74) is 0. The lowest BCUT2D eigenvalue weighted by molar-refractivity contribution is -0.137. The Morgan fingerprint density at radius 3 is 2.62 bits per heavy atom. The summed E-state index contributed by atoms with van der Waals surface area (Å²) in [7, 11) is 0. The zero-order valence-corrected chi connectivity index (χ0v) is 16.7. The van der Waals surface area contributed by atoms with E-state index < -0.39 is 12.1 Å². The zero-order chi connectivity index (χ0) is 19.4. The summed E-state index contributed by atoms with van der Waals surface area (Å²) in [5.74, 6) is 0.0496. The molecule has 0 bridgehead atoms. The van der Waals surface area contributed by atoms with Crippen LogP contribution in [0.2, 0.25) is 0 Å². The number of carbonyl (C=O) groups excluding carboxylic acids is 1. The number of carbonyl (C=O) groups is 2. The molecule has 4 nitrogen and oxygen atoms in total. The number of allylic oxidation sites excluding steroid dienone is 1. The van der Waals surface area contributed by atoms with Crippen molar-refractivity contribution in [3.8, 4) is 0 Å². The summed E-state index contributed by atoms with van der Waals surface area (Å²) in [6, 6.07) is 0. The van der Waals surface area contributed by atoms with E-state index in [0.717, 1.165) is 32.1 Å². The first-order chi connectivity index (χ1) is 12.5. The summed E-state index contributed by atoms with van der Waals surface area (Å²) in [5, 5.41) is 19.2. The topological polar surface area (TPSA) is 74.6 Å². The van der Waals surface area contributed by atoms with Gasteiger partial charge in [0.1, 0.15) is 5.78 Å². The number of carboxylic acid groups (broad SMARTS) is 1. The lowest BCUT2D eigenvalue weighted by Gasteiger charge is -2.20. The average Bonchev–Trinajstić information content (AvgIpc) is 2.96. The molecule has 2 unspecified atom stereocenters. The molecule has 1 aliphatic rings. The van der Waals surface area contributed by atoms with Crippen LogP contribution in [0.15, 0.2) is 12.2 Å². The Kier molecular flexibility index (Phi) is 11.5. The molecule has 0 radical (unpaired) electrons. The van der Waals surface area contributed by atoms with Gasteiger partial charge in [0.15, 0.2) is 0 Å². The maximum atomic E-state index is 12.1. The van der Waals surface area contributed by atoms with Crippen LogP contribution in [0, 0.1) is 17.8 Å². The molecule has 0 aliphatic heterocycles. The SMILES string of the molecule is CCCCCCC(CC)C(O)C=C[C@@H]1CCC(=O)[C@H]1CCCCC(=O)O. The van der Waals surface area contributed by atoms with Crippen LogP contribution >= 0.6 is 0 Å². The van der Waals surface area contributed by atoms with E-state index in [1.165, 1.54) is 25.7 Å². The maximum Gasteiger partial charge on any atom is 0.303 e. The molecule has 4 atom stereocenters. The molecule has 0 heterocycles. The minimum atomic E-state index is -0.771. The smallest absolute Gasteiger partial charge is 0.303 e. The van der Waals surface area contributed by atoms with Crippen LogP contribution in [-0.2, 0) is 9.59 Å². The number of carboxylic acids is 1. The fourth-order valence-corrected chi connectivity index (χ4v) is 4.04. The van der Waals surface area contributed by atoms with Gasteiger partial charge >= 0.3 is 5.97 Å². The molecule has 0 saturated heterocycles. The van der Waals surface area contributed by atoms with Crippen molar-refractivity contribution in [1.82, 2.24) is 0 Å². The highest BCUT2D eigenvalue weighted by Crippen LogP contribution is 2.34. The van der Waals surface area contributed by atoms with Gasteiger partial charge in [-0.3, -0.25) is 9.59 Å². The number of hydrogen-bond donors (Lipinski definition) is 2. The van der Waals surface area contributed by atoms with E-state index in [0.29, 0.717) is 24.5 Å². The molecule has 150 valence electrons. The van der Waals surface area contributed by atoms with E-state index in [2.05, 4.69) is 19.9 Å². The molecule has 4 heteroatoms. The standard InChI is InChI=1S/C22H38O4/c1-3-5-6-7-10-17(4-2)20(23)15-13-18-14-16-21(24)19(18)11-8-9-12-22(25)26/h13,15,17-20,23H,3-12,14,16H2,1-2H3,(H,25,26)/t17?,18-,19+,20?/m1/s1. The lowest BCUT2D eigenvalue weighted by Crippen LogP contribution is -2.19. The Hall–Kier alpha value is -1.16. The third-order valence-corrected chi connectivity index (χ3v) is 5.80. The molecule has 0 aromatic carbocycles. The summed E-state index contributed by atoms with van der Waals surface area (Å²) >= 11 is 0. The monoisotopic (exact) mass is 366 g/mol. The first-order valence-electron chi connectivity index (χ1n) is 10.6. The number of unbranched alkanes of at least 4 members (excludes halogenated alkanes) is 4. The molecule has 1 fully saturated rings. The number of aliphatic hydroxyl groups excluding tert-OH is 1. The zero-order valence-electron chi connectivity index (χ0n) is 16.7. The highest BCUT2D eigenvalue weighted by atomic mass is 16.4. The van der Waals surface area contributed by atoms with Gasteiger partial charge in [0.25, 0.3) is 0 Å². The van der Waals surface area contributed by atoms with E-state index >= 15 is 0 Å². The van der Waals surface area contributed by atoms with Crippen molar-refractivity contribution in [3.05, 3.63) is 12.2 Å². The maximum absolute atomic E-state index is 12.1. The fourth-order valence-electron chi connectivity index (χ4n) is 4.04. The summed E-state index contributed by atoms with van der Waals surface area (Å²) in [4.78, 5) is 22.7. The Morgan fingerprint density at radius 2 is 1.96 bits per heavy atom. The Bertz CT molecular complexity index is 443. The van der Waals surface area contributed by atoms with E-state index in [1.54, 1.807) is 0 Å². The minimum absolute atomic E-state index is 0.0110. The molecular formula is C22H38O4. The van der Waals surface area contributed by atoms with Crippen LogP contribution in [0.3, 0.4) is 0 Å². The molecule has 0 amide bonds. The van der Waals surface area contributed by atoms with Gasteiger partial charge in [0, 0.05) is 18.8 Å². The molecule has 1 saturated carbocycles. The molecule has 26 heavy (non-hydrogen) atoms. The van der Waals surface area contributed by atoms with E-state index in [9.17, 15) is 14.7 Å². The van der Waals surface area contributed by atoms with Gasteiger partial charge in [-0.1, -0.05) is 64.5 Å². The number of aliphatic hydroxyl groups is 1. The van der Waals surface area contributed by atoms with Crippen LogP contribution in [0.5, 0.6) is 0 Å². The summed E-state index contributed by atoms with van der Waals surface area (Å²) in [6.07, 6.45) is 14.3. The highest BCUT2D eigenvalue weighted by molar-refractivity contribution is 5.83. The first-order valence-corrected chi connectivity index (χ1v) is 10.6. The molecule has 1 aliphatic carbocycles. The Balaban J connectivity index is 2.46.